The quantitative estimate of drug-likeness (QED) is 0.496. The Bertz CT molecular complexity index is 216. The van der Waals surface area contributed by atoms with Gasteiger partial charge in [0.2, 0.25) is 0 Å². The Hall–Kier alpha value is 1.03. The summed E-state index contributed by atoms with van der Waals surface area (Å²) in [6.07, 6.45) is 0. The predicted molar refractivity (Wildman–Crippen MR) is 39.5 cm³/mol. The fourth-order valence-electron chi connectivity index (χ4n) is 0.827. The zero-order valence-corrected chi connectivity index (χ0v) is 12.1. The van der Waals surface area contributed by atoms with E-state index in [1.165, 1.54) is 16.7 Å². The minimum atomic E-state index is 0. The van der Waals surface area contributed by atoms with Gasteiger partial charge in [0.15, 0.2) is 0 Å². The molecule has 0 N–H and O–H groups in total. The third-order valence-electron chi connectivity index (χ3n) is 1.55. The third-order valence-corrected chi connectivity index (χ3v) is 1.55. The molecule has 0 atom stereocenters. The van der Waals surface area contributed by atoms with Gasteiger partial charge in [0.05, 0.1) is 0 Å². The molecule has 10 heavy (non-hydrogen) atoms. The van der Waals surface area contributed by atoms with Crippen molar-refractivity contribution in [3.8, 4) is 0 Å². The van der Waals surface area contributed by atoms with Gasteiger partial charge < -0.3 is 0 Å². The number of hydrogen-bond acceptors (Lipinski definition) is 0. The van der Waals surface area contributed by atoms with Gasteiger partial charge in [0.25, 0.3) is 0 Å². The Morgan fingerprint density at radius 3 is 2.20 bits per heavy atom. The van der Waals surface area contributed by atoms with Crippen LogP contribution in [0, 0.1) is 26.8 Å². The SMILES string of the molecule is Cc1c[c-]c(C)c(C)c1.[Rb+]. The van der Waals surface area contributed by atoms with E-state index < -0.39 is 0 Å². The molecule has 0 saturated heterocycles. The maximum Gasteiger partial charge on any atom is 1.00 e. The molecule has 0 radical (unpaired) electrons. The minimum absolute atomic E-state index is 0. The van der Waals surface area contributed by atoms with Crippen molar-refractivity contribution in [2.75, 3.05) is 0 Å². The molecule has 1 aromatic carbocycles. The smallest absolute Gasteiger partial charge is 0.180 e. The van der Waals surface area contributed by atoms with Crippen LogP contribution >= 0.6 is 0 Å². The van der Waals surface area contributed by atoms with Crippen molar-refractivity contribution < 1.29 is 58.2 Å². The van der Waals surface area contributed by atoms with E-state index in [0.29, 0.717) is 0 Å². The maximum atomic E-state index is 3.17. The Morgan fingerprint density at radius 2 is 1.80 bits per heavy atom. The zero-order valence-electron chi connectivity index (χ0n) is 7.15. The fraction of sp³-hybridized carbons (Fsp3) is 0.333. The summed E-state index contributed by atoms with van der Waals surface area (Å²) in [5, 5.41) is 0. The van der Waals surface area contributed by atoms with Gasteiger partial charge in [0, 0.05) is 0 Å². The van der Waals surface area contributed by atoms with E-state index in [9.17, 15) is 0 Å². The number of benzene rings is 1. The van der Waals surface area contributed by atoms with E-state index in [4.69, 9.17) is 0 Å². The van der Waals surface area contributed by atoms with Gasteiger partial charge in [-0.3, -0.25) is 0 Å². The summed E-state index contributed by atoms with van der Waals surface area (Å²) in [4.78, 5) is 0. The molecule has 1 heteroatoms. The van der Waals surface area contributed by atoms with Crippen molar-refractivity contribution in [3.63, 3.8) is 0 Å². The van der Waals surface area contributed by atoms with E-state index in [1.807, 2.05) is 6.07 Å². The summed E-state index contributed by atoms with van der Waals surface area (Å²) in [7, 11) is 0. The first-order valence-electron chi connectivity index (χ1n) is 3.15. The molecule has 0 aliphatic rings. The molecule has 48 valence electrons. The zero-order chi connectivity index (χ0) is 6.85. The van der Waals surface area contributed by atoms with Gasteiger partial charge in [-0.1, -0.05) is 20.8 Å². The summed E-state index contributed by atoms with van der Waals surface area (Å²) in [5.74, 6) is 0. The topological polar surface area (TPSA) is 0 Å². The molecule has 0 bridgehead atoms. The van der Waals surface area contributed by atoms with E-state index in [0.717, 1.165) is 0 Å². The van der Waals surface area contributed by atoms with Crippen LogP contribution in [0.15, 0.2) is 12.1 Å². The molecule has 0 amide bonds. The number of aryl methyl sites for hydroxylation is 3. The van der Waals surface area contributed by atoms with Crippen molar-refractivity contribution in [2.45, 2.75) is 20.8 Å². The molecule has 0 unspecified atom stereocenters. The van der Waals surface area contributed by atoms with Crippen LogP contribution in [-0.4, -0.2) is 0 Å². The molecule has 0 fully saturated rings. The van der Waals surface area contributed by atoms with Crippen LogP contribution in [0.3, 0.4) is 0 Å². The Labute approximate surface area is 112 Å². The normalized spacial score (nSPS) is 8.70. The van der Waals surface area contributed by atoms with E-state index in [2.05, 4.69) is 32.9 Å². The summed E-state index contributed by atoms with van der Waals surface area (Å²) in [6, 6.07) is 7.36. The molecule has 0 aliphatic carbocycles. The van der Waals surface area contributed by atoms with Crippen LogP contribution in [-0.2, 0) is 0 Å². The van der Waals surface area contributed by atoms with Crippen molar-refractivity contribution in [3.05, 3.63) is 34.9 Å². The number of rotatable bonds is 0. The van der Waals surface area contributed by atoms with Crippen LogP contribution in [0.5, 0.6) is 0 Å². The molecule has 0 aliphatic heterocycles. The van der Waals surface area contributed by atoms with Gasteiger partial charge >= 0.3 is 58.2 Å². The fourth-order valence-corrected chi connectivity index (χ4v) is 0.827. The van der Waals surface area contributed by atoms with E-state index in [1.54, 1.807) is 0 Å². The van der Waals surface area contributed by atoms with Crippen LogP contribution in [0.4, 0.5) is 0 Å². The average Bonchev–Trinajstić information content (AvgIpc) is 1.80. The number of hydrogen-bond donors (Lipinski definition) is 0. The molecular formula is C9H11Rb. The van der Waals surface area contributed by atoms with Crippen LogP contribution < -0.4 is 58.2 Å². The molecular weight excluding hydrogens is 194 g/mol. The largest absolute Gasteiger partial charge is 1.00 e. The first-order valence-corrected chi connectivity index (χ1v) is 3.15. The molecule has 1 aromatic rings. The van der Waals surface area contributed by atoms with Crippen molar-refractivity contribution in [1.82, 2.24) is 0 Å². The molecule has 0 nitrogen and oxygen atoms in total. The molecule has 0 spiro atoms. The van der Waals surface area contributed by atoms with Crippen LogP contribution in [0.1, 0.15) is 16.7 Å². The predicted octanol–water partition coefficient (Wildman–Crippen LogP) is -0.584. The Morgan fingerprint density at radius 1 is 1.20 bits per heavy atom. The average molecular weight is 205 g/mol. The summed E-state index contributed by atoms with van der Waals surface area (Å²) >= 11 is 0. The van der Waals surface area contributed by atoms with Gasteiger partial charge in [-0.05, 0) is 0 Å². The summed E-state index contributed by atoms with van der Waals surface area (Å²) in [5.41, 5.74) is 3.87. The van der Waals surface area contributed by atoms with Gasteiger partial charge in [-0.15, -0.1) is 0 Å². The first kappa shape index (κ1) is 11.0. The Balaban J connectivity index is 0.000000810. The molecule has 0 saturated carbocycles. The maximum absolute atomic E-state index is 3.17. The van der Waals surface area contributed by atoms with E-state index >= 15 is 0 Å². The van der Waals surface area contributed by atoms with Crippen molar-refractivity contribution >= 4 is 0 Å². The standard InChI is InChI=1S/C9H11.Rb/c1-7-4-5-8(2)9(3)6-7;/h4,6H,1-3H3;/q-1;+1. The third kappa shape index (κ3) is 2.95. The van der Waals surface area contributed by atoms with Gasteiger partial charge in [-0.25, -0.2) is 0 Å². The second kappa shape index (κ2) is 4.81. The molecule has 1 rings (SSSR count). The second-order valence-electron chi connectivity index (χ2n) is 2.49. The summed E-state index contributed by atoms with van der Waals surface area (Å²) < 4.78 is 0. The van der Waals surface area contributed by atoms with Crippen molar-refractivity contribution in [1.29, 1.82) is 0 Å². The van der Waals surface area contributed by atoms with Crippen LogP contribution in [0.25, 0.3) is 0 Å². The first-order chi connectivity index (χ1) is 4.20. The second-order valence-corrected chi connectivity index (χ2v) is 2.49. The Kier molecular flexibility index (Phi) is 5.31. The van der Waals surface area contributed by atoms with Crippen LogP contribution in [0.2, 0.25) is 0 Å². The van der Waals surface area contributed by atoms with Gasteiger partial charge in [-0.2, -0.15) is 34.9 Å². The molecule has 0 aromatic heterocycles. The minimum Gasteiger partial charge on any atom is -0.180 e. The summed E-state index contributed by atoms with van der Waals surface area (Å²) in [6.45, 7) is 6.27. The van der Waals surface area contributed by atoms with Crippen molar-refractivity contribution in [2.24, 2.45) is 0 Å². The van der Waals surface area contributed by atoms with E-state index in [-0.39, 0.29) is 58.2 Å². The molecule has 0 heterocycles. The van der Waals surface area contributed by atoms with Gasteiger partial charge in [0.1, 0.15) is 0 Å². The monoisotopic (exact) mass is 204 g/mol.